The largest absolute Gasteiger partial charge is 0.465 e. The van der Waals surface area contributed by atoms with E-state index in [1.54, 1.807) is 0 Å². The molecule has 8 heteroatoms. The smallest absolute Gasteiger partial charge is 0.338 e. The summed E-state index contributed by atoms with van der Waals surface area (Å²) in [7, 11) is -2.22. The zero-order chi connectivity index (χ0) is 16.5. The lowest BCUT2D eigenvalue weighted by Crippen LogP contribution is -2.10. The molecule has 0 spiro atoms. The van der Waals surface area contributed by atoms with Crippen LogP contribution >= 0.6 is 0 Å². The summed E-state index contributed by atoms with van der Waals surface area (Å²) >= 11 is 0. The predicted octanol–water partition coefficient (Wildman–Crippen LogP) is 1.66. The van der Waals surface area contributed by atoms with Gasteiger partial charge < -0.3 is 9.47 Å². The molecule has 2 rings (SSSR count). The molecule has 116 valence electrons. The van der Waals surface area contributed by atoms with Gasteiger partial charge in [0.15, 0.2) is 0 Å². The first-order valence-electron chi connectivity index (χ1n) is 6.00. The van der Waals surface area contributed by atoms with Crippen molar-refractivity contribution in [2.45, 2.75) is 4.90 Å². The van der Waals surface area contributed by atoms with Gasteiger partial charge in [-0.05, 0) is 23.6 Å². The van der Waals surface area contributed by atoms with Gasteiger partial charge >= 0.3 is 11.9 Å². The Bertz CT molecular complexity index is 868. The molecular weight excluding hydrogens is 312 g/mol. The summed E-state index contributed by atoms with van der Waals surface area (Å²) in [6, 6.07) is 6.56. The first-order chi connectivity index (χ1) is 10.3. The van der Waals surface area contributed by atoms with Gasteiger partial charge in [0.1, 0.15) is 0 Å². The molecular formula is C14H12O7S. The van der Waals surface area contributed by atoms with E-state index in [0.29, 0.717) is 0 Å². The number of methoxy groups -OCH3 is 2. The molecule has 1 N–H and O–H groups in total. The van der Waals surface area contributed by atoms with Crippen molar-refractivity contribution in [3.8, 4) is 0 Å². The van der Waals surface area contributed by atoms with Crippen LogP contribution in [-0.2, 0) is 19.6 Å². The van der Waals surface area contributed by atoms with Crippen molar-refractivity contribution in [1.29, 1.82) is 0 Å². The number of hydrogen-bond acceptors (Lipinski definition) is 6. The summed E-state index contributed by atoms with van der Waals surface area (Å²) in [4.78, 5) is 23.3. The molecule has 0 amide bonds. The minimum absolute atomic E-state index is 0.0855. The fourth-order valence-corrected chi connectivity index (χ4v) is 2.64. The monoisotopic (exact) mass is 324 g/mol. The highest BCUT2D eigenvalue weighted by atomic mass is 32.2. The Morgan fingerprint density at radius 2 is 1.59 bits per heavy atom. The minimum atomic E-state index is -4.52. The van der Waals surface area contributed by atoms with Gasteiger partial charge in [-0.2, -0.15) is 8.42 Å². The predicted molar refractivity (Wildman–Crippen MR) is 76.4 cm³/mol. The number of carbonyl (C=O) groups is 2. The van der Waals surface area contributed by atoms with Crippen LogP contribution in [0.4, 0.5) is 0 Å². The van der Waals surface area contributed by atoms with Crippen LogP contribution in [0.2, 0.25) is 0 Å². The fraction of sp³-hybridized carbons (Fsp3) is 0.143. The van der Waals surface area contributed by atoms with Crippen LogP contribution < -0.4 is 0 Å². The molecule has 2 aromatic carbocycles. The van der Waals surface area contributed by atoms with Gasteiger partial charge in [0.2, 0.25) is 0 Å². The molecule has 0 aromatic heterocycles. The molecule has 2 aromatic rings. The quantitative estimate of drug-likeness (QED) is 0.675. The normalized spacial score (nSPS) is 11.2. The summed E-state index contributed by atoms with van der Waals surface area (Å²) < 4.78 is 41.1. The molecule has 0 unspecified atom stereocenters. The van der Waals surface area contributed by atoms with Crippen molar-refractivity contribution < 1.29 is 32.0 Å². The highest BCUT2D eigenvalue weighted by molar-refractivity contribution is 7.85. The molecule has 0 aliphatic rings. The van der Waals surface area contributed by atoms with E-state index in [-0.39, 0.29) is 21.9 Å². The molecule has 22 heavy (non-hydrogen) atoms. The number of benzene rings is 2. The van der Waals surface area contributed by atoms with E-state index in [0.717, 1.165) is 19.2 Å². The summed E-state index contributed by atoms with van der Waals surface area (Å²) in [6.45, 7) is 0. The van der Waals surface area contributed by atoms with E-state index < -0.39 is 27.0 Å². The summed E-state index contributed by atoms with van der Waals surface area (Å²) in [6.07, 6.45) is 0. The third kappa shape index (κ3) is 2.78. The second-order valence-electron chi connectivity index (χ2n) is 4.33. The maximum absolute atomic E-state index is 11.9. The average molecular weight is 324 g/mol. The lowest BCUT2D eigenvalue weighted by molar-refractivity contribution is 0.0601. The highest BCUT2D eigenvalue weighted by Gasteiger charge is 2.22. The van der Waals surface area contributed by atoms with Crippen molar-refractivity contribution >= 4 is 32.8 Å². The Morgan fingerprint density at radius 3 is 2.14 bits per heavy atom. The first-order valence-corrected chi connectivity index (χ1v) is 7.44. The van der Waals surface area contributed by atoms with Crippen LogP contribution in [0, 0.1) is 0 Å². The van der Waals surface area contributed by atoms with Crippen LogP contribution in [0.15, 0.2) is 35.2 Å². The Kier molecular flexibility index (Phi) is 4.16. The molecule has 0 saturated heterocycles. The van der Waals surface area contributed by atoms with Gasteiger partial charge in [-0.15, -0.1) is 0 Å². The van der Waals surface area contributed by atoms with E-state index in [1.807, 2.05) is 0 Å². The lowest BCUT2D eigenvalue weighted by Gasteiger charge is -2.11. The number of rotatable bonds is 3. The lowest BCUT2D eigenvalue weighted by atomic mass is 9.99. The number of ether oxygens (including phenoxy) is 2. The SMILES string of the molecule is COC(=O)c1cccc2cc(S(=O)(=O)O)cc(C(=O)OC)c12. The second-order valence-corrected chi connectivity index (χ2v) is 5.75. The van der Waals surface area contributed by atoms with Gasteiger partial charge in [-0.25, -0.2) is 9.59 Å². The molecule has 0 atom stereocenters. The summed E-state index contributed by atoms with van der Waals surface area (Å²) in [5.74, 6) is -1.53. The zero-order valence-electron chi connectivity index (χ0n) is 11.7. The maximum atomic E-state index is 11.9. The van der Waals surface area contributed by atoms with Gasteiger partial charge in [-0.3, -0.25) is 4.55 Å². The number of esters is 2. The minimum Gasteiger partial charge on any atom is -0.465 e. The molecule has 0 aliphatic heterocycles. The maximum Gasteiger partial charge on any atom is 0.338 e. The second kappa shape index (κ2) is 5.74. The van der Waals surface area contributed by atoms with Crippen molar-refractivity contribution in [1.82, 2.24) is 0 Å². The van der Waals surface area contributed by atoms with Crippen LogP contribution in [0.3, 0.4) is 0 Å². The van der Waals surface area contributed by atoms with Crippen LogP contribution in [0.1, 0.15) is 20.7 Å². The van der Waals surface area contributed by atoms with E-state index >= 15 is 0 Å². The summed E-state index contributed by atoms with van der Waals surface area (Å²) in [5.41, 5.74) is -0.0732. The molecule has 0 fully saturated rings. The molecule has 0 heterocycles. The molecule has 0 aliphatic carbocycles. The van der Waals surface area contributed by atoms with Gasteiger partial charge in [0.25, 0.3) is 10.1 Å². The molecule has 0 saturated carbocycles. The Hall–Kier alpha value is -2.45. The molecule has 0 bridgehead atoms. The van der Waals surface area contributed by atoms with Crippen molar-refractivity contribution in [3.05, 3.63) is 41.5 Å². The van der Waals surface area contributed by atoms with E-state index in [9.17, 15) is 22.6 Å². The standard InChI is InChI=1S/C14H12O7S/c1-20-13(15)10-5-3-4-8-6-9(22(17,18)19)7-11(12(8)10)14(16)21-2/h3-7H,1-2H3,(H,17,18,19). The number of carbonyl (C=O) groups excluding carboxylic acids is 2. The topological polar surface area (TPSA) is 107 Å². The van der Waals surface area contributed by atoms with Crippen molar-refractivity contribution in [3.63, 3.8) is 0 Å². The van der Waals surface area contributed by atoms with Crippen LogP contribution in [-0.4, -0.2) is 39.1 Å². The Morgan fingerprint density at radius 1 is 1.00 bits per heavy atom. The first kappa shape index (κ1) is 15.9. The highest BCUT2D eigenvalue weighted by Crippen LogP contribution is 2.28. The third-order valence-electron chi connectivity index (χ3n) is 3.06. The molecule has 7 nitrogen and oxygen atoms in total. The van der Waals surface area contributed by atoms with Gasteiger partial charge in [0.05, 0.1) is 30.2 Å². The van der Waals surface area contributed by atoms with Gasteiger partial charge in [0, 0.05) is 5.39 Å². The van der Waals surface area contributed by atoms with Crippen molar-refractivity contribution in [2.24, 2.45) is 0 Å². The zero-order valence-corrected chi connectivity index (χ0v) is 12.5. The summed E-state index contributed by atoms with van der Waals surface area (Å²) in [5, 5.41) is 0.465. The van der Waals surface area contributed by atoms with E-state index in [1.165, 1.54) is 25.3 Å². The Labute approximate surface area is 126 Å². The van der Waals surface area contributed by atoms with E-state index in [4.69, 9.17) is 0 Å². The average Bonchev–Trinajstić information content (AvgIpc) is 2.50. The number of fused-ring (bicyclic) bond motifs is 1. The van der Waals surface area contributed by atoms with Crippen LogP contribution in [0.5, 0.6) is 0 Å². The van der Waals surface area contributed by atoms with Crippen molar-refractivity contribution in [2.75, 3.05) is 14.2 Å². The van der Waals surface area contributed by atoms with Gasteiger partial charge in [-0.1, -0.05) is 12.1 Å². The third-order valence-corrected chi connectivity index (χ3v) is 3.89. The number of hydrogen-bond donors (Lipinski definition) is 1. The fourth-order valence-electron chi connectivity index (χ4n) is 2.10. The van der Waals surface area contributed by atoms with Crippen LogP contribution in [0.25, 0.3) is 10.8 Å². The van der Waals surface area contributed by atoms with E-state index in [2.05, 4.69) is 9.47 Å². The molecule has 0 radical (unpaired) electrons. The Balaban J connectivity index is 2.95.